The van der Waals surface area contributed by atoms with Crippen molar-refractivity contribution in [2.75, 3.05) is 26.3 Å². The van der Waals surface area contributed by atoms with Gasteiger partial charge in [0.15, 0.2) is 5.69 Å². The number of nitrogens with zero attached hydrogens (tertiary/aromatic N) is 3. The molecule has 1 saturated heterocycles. The summed E-state index contributed by atoms with van der Waals surface area (Å²) in [7, 11) is 1.17. The summed E-state index contributed by atoms with van der Waals surface area (Å²) in [6, 6.07) is 0.776. The molecule has 0 aromatic carbocycles. The van der Waals surface area contributed by atoms with Crippen LogP contribution in [0.3, 0.4) is 0 Å². The van der Waals surface area contributed by atoms with Gasteiger partial charge in [-0.15, -0.1) is 0 Å². The maximum absolute atomic E-state index is 12.6. The summed E-state index contributed by atoms with van der Waals surface area (Å²) in [4.78, 5) is 13.4. The van der Waals surface area contributed by atoms with E-state index in [0.717, 1.165) is 6.07 Å². The number of amides is 1. The lowest BCUT2D eigenvalue weighted by atomic mass is 10.3. The molecule has 1 aromatic heterocycles. The van der Waals surface area contributed by atoms with Crippen molar-refractivity contribution in [1.29, 1.82) is 0 Å². The molecule has 18 heavy (non-hydrogen) atoms. The number of alkyl halides is 3. The molecule has 2 rings (SSSR count). The first-order valence-corrected chi connectivity index (χ1v) is 5.38. The van der Waals surface area contributed by atoms with Crippen LogP contribution in [0, 0.1) is 0 Å². The molecule has 1 aliphatic heterocycles. The quantitative estimate of drug-likeness (QED) is 0.756. The molecule has 0 radical (unpaired) electrons. The van der Waals surface area contributed by atoms with E-state index in [0.29, 0.717) is 31.0 Å². The average molecular weight is 263 g/mol. The van der Waals surface area contributed by atoms with Gasteiger partial charge in [0.25, 0.3) is 5.91 Å². The normalized spacial score (nSPS) is 17.0. The largest absolute Gasteiger partial charge is 0.433 e. The molecule has 0 N–H and O–H groups in total. The number of aryl methyl sites for hydroxylation is 1. The minimum Gasteiger partial charge on any atom is -0.378 e. The fourth-order valence-corrected chi connectivity index (χ4v) is 1.77. The molecule has 0 atom stereocenters. The van der Waals surface area contributed by atoms with Crippen molar-refractivity contribution in [3.63, 3.8) is 0 Å². The van der Waals surface area contributed by atoms with Gasteiger partial charge in [0.05, 0.1) is 13.2 Å². The number of aromatic nitrogens is 2. The number of carbonyl (C=O) groups is 1. The number of hydrogen-bond acceptors (Lipinski definition) is 3. The highest BCUT2D eigenvalue weighted by Crippen LogP contribution is 2.29. The maximum atomic E-state index is 12.6. The minimum atomic E-state index is -4.51. The van der Waals surface area contributed by atoms with Crippen molar-refractivity contribution < 1.29 is 22.7 Å². The third-order valence-corrected chi connectivity index (χ3v) is 2.69. The third kappa shape index (κ3) is 2.47. The maximum Gasteiger partial charge on any atom is 0.433 e. The zero-order chi connectivity index (χ0) is 13.3. The second-order valence-corrected chi connectivity index (χ2v) is 3.94. The lowest BCUT2D eigenvalue weighted by Gasteiger charge is -2.25. The van der Waals surface area contributed by atoms with E-state index >= 15 is 0 Å². The zero-order valence-corrected chi connectivity index (χ0v) is 9.70. The minimum absolute atomic E-state index is 0.188. The van der Waals surface area contributed by atoms with Crippen LogP contribution in [0.15, 0.2) is 6.07 Å². The Morgan fingerprint density at radius 1 is 1.39 bits per heavy atom. The summed E-state index contributed by atoms with van der Waals surface area (Å²) in [5.41, 5.74) is -1.12. The van der Waals surface area contributed by atoms with Gasteiger partial charge in [-0.2, -0.15) is 18.3 Å². The van der Waals surface area contributed by atoms with Crippen molar-refractivity contribution in [1.82, 2.24) is 14.7 Å². The average Bonchev–Trinajstić information content (AvgIpc) is 2.71. The first kappa shape index (κ1) is 12.9. The Bertz CT molecular complexity index is 450. The summed E-state index contributed by atoms with van der Waals surface area (Å²) in [6.07, 6.45) is -4.51. The number of morpholine rings is 1. The Balaban J connectivity index is 2.21. The van der Waals surface area contributed by atoms with Crippen LogP contribution in [-0.2, 0) is 18.0 Å². The molecular formula is C10H12F3N3O2. The van der Waals surface area contributed by atoms with E-state index in [9.17, 15) is 18.0 Å². The van der Waals surface area contributed by atoms with Crippen molar-refractivity contribution in [2.24, 2.45) is 7.05 Å². The number of rotatable bonds is 1. The van der Waals surface area contributed by atoms with Gasteiger partial charge in [-0.25, -0.2) is 0 Å². The highest BCUT2D eigenvalue weighted by Gasteiger charge is 2.36. The Morgan fingerprint density at radius 3 is 2.50 bits per heavy atom. The Hall–Kier alpha value is -1.57. The van der Waals surface area contributed by atoms with Gasteiger partial charge < -0.3 is 9.64 Å². The fraction of sp³-hybridized carbons (Fsp3) is 0.600. The Kier molecular flexibility index (Phi) is 3.29. The number of hydrogen-bond donors (Lipinski definition) is 0. The number of ether oxygens (including phenoxy) is 1. The van der Waals surface area contributed by atoms with Crippen LogP contribution in [0.5, 0.6) is 0 Å². The molecule has 1 aliphatic rings. The lowest BCUT2D eigenvalue weighted by Crippen LogP contribution is -2.40. The van der Waals surface area contributed by atoms with E-state index in [-0.39, 0.29) is 5.69 Å². The molecule has 100 valence electrons. The molecule has 0 unspecified atom stereocenters. The van der Waals surface area contributed by atoms with E-state index in [2.05, 4.69) is 5.10 Å². The topological polar surface area (TPSA) is 47.4 Å². The van der Waals surface area contributed by atoms with E-state index in [4.69, 9.17) is 4.74 Å². The summed E-state index contributed by atoms with van der Waals surface area (Å²) in [5.74, 6) is -0.496. The summed E-state index contributed by atoms with van der Waals surface area (Å²) in [5, 5.41) is 3.62. The molecule has 1 fully saturated rings. The van der Waals surface area contributed by atoms with E-state index in [1.165, 1.54) is 11.9 Å². The fourth-order valence-electron chi connectivity index (χ4n) is 1.77. The molecule has 8 heteroatoms. The Morgan fingerprint density at radius 2 is 2.00 bits per heavy atom. The molecule has 0 aliphatic carbocycles. The molecule has 2 heterocycles. The monoisotopic (exact) mass is 263 g/mol. The zero-order valence-electron chi connectivity index (χ0n) is 9.70. The van der Waals surface area contributed by atoms with Crippen LogP contribution in [0.1, 0.15) is 16.2 Å². The summed E-state index contributed by atoms with van der Waals surface area (Å²) in [6.45, 7) is 1.53. The van der Waals surface area contributed by atoms with Crippen molar-refractivity contribution in [3.8, 4) is 0 Å². The molecule has 0 bridgehead atoms. The predicted molar refractivity (Wildman–Crippen MR) is 54.9 cm³/mol. The van der Waals surface area contributed by atoms with Crippen molar-refractivity contribution >= 4 is 5.91 Å². The van der Waals surface area contributed by atoms with E-state index < -0.39 is 17.8 Å². The highest BCUT2D eigenvalue weighted by molar-refractivity contribution is 5.92. The van der Waals surface area contributed by atoms with Gasteiger partial charge in [-0.3, -0.25) is 9.48 Å². The highest BCUT2D eigenvalue weighted by atomic mass is 19.4. The van der Waals surface area contributed by atoms with Gasteiger partial charge in [-0.05, 0) is 0 Å². The van der Waals surface area contributed by atoms with Crippen LogP contribution < -0.4 is 0 Å². The van der Waals surface area contributed by atoms with Crippen LogP contribution in [0.4, 0.5) is 13.2 Å². The standard InChI is InChI=1S/C10H12F3N3O2/c1-15-8(10(11,12)13)6-7(14-15)9(17)16-2-4-18-5-3-16/h6H,2-5H2,1H3. The molecule has 1 amide bonds. The smallest absolute Gasteiger partial charge is 0.378 e. The van der Waals surface area contributed by atoms with Crippen molar-refractivity contribution in [2.45, 2.75) is 6.18 Å². The molecule has 5 nitrogen and oxygen atoms in total. The molecular weight excluding hydrogens is 251 g/mol. The third-order valence-electron chi connectivity index (χ3n) is 2.69. The van der Waals surface area contributed by atoms with Crippen LogP contribution in [0.2, 0.25) is 0 Å². The van der Waals surface area contributed by atoms with Gasteiger partial charge >= 0.3 is 6.18 Å². The van der Waals surface area contributed by atoms with Gasteiger partial charge in [0.2, 0.25) is 0 Å². The second-order valence-electron chi connectivity index (χ2n) is 3.94. The summed E-state index contributed by atoms with van der Waals surface area (Å²) >= 11 is 0. The van der Waals surface area contributed by atoms with Gasteiger partial charge in [-0.1, -0.05) is 0 Å². The number of carbonyl (C=O) groups excluding carboxylic acids is 1. The van der Waals surface area contributed by atoms with Crippen molar-refractivity contribution in [3.05, 3.63) is 17.5 Å². The predicted octanol–water partition coefficient (Wildman–Crippen LogP) is 0.911. The molecule has 0 saturated carbocycles. The van der Waals surface area contributed by atoms with E-state index in [1.807, 2.05) is 0 Å². The SMILES string of the molecule is Cn1nc(C(=O)N2CCOCC2)cc1C(F)(F)F. The summed E-state index contributed by atoms with van der Waals surface area (Å²) < 4.78 is 43.4. The number of halogens is 3. The second kappa shape index (κ2) is 4.60. The first-order chi connectivity index (χ1) is 8.39. The molecule has 0 spiro atoms. The van der Waals surface area contributed by atoms with Gasteiger partial charge in [0.1, 0.15) is 5.69 Å². The lowest BCUT2D eigenvalue weighted by molar-refractivity contribution is -0.143. The Labute approximate surface area is 101 Å². The van der Waals surface area contributed by atoms with Crippen LogP contribution in [0.25, 0.3) is 0 Å². The van der Waals surface area contributed by atoms with Crippen LogP contribution in [-0.4, -0.2) is 46.9 Å². The van der Waals surface area contributed by atoms with E-state index in [1.54, 1.807) is 0 Å². The van der Waals surface area contributed by atoms with Crippen LogP contribution >= 0.6 is 0 Å². The first-order valence-electron chi connectivity index (χ1n) is 5.38. The molecule has 1 aromatic rings. The van der Waals surface area contributed by atoms with Gasteiger partial charge in [0, 0.05) is 26.2 Å².